The summed E-state index contributed by atoms with van der Waals surface area (Å²) in [5, 5.41) is 1.32. The number of H-pyrrole nitrogens is 1. The van der Waals surface area contributed by atoms with Crippen LogP contribution in [-0.4, -0.2) is 36.1 Å². The largest absolute Gasteiger partial charge is 0.468 e. The first-order chi connectivity index (χ1) is 10.3. The molecule has 1 unspecified atom stereocenters. The van der Waals surface area contributed by atoms with Crippen molar-refractivity contribution in [2.45, 2.75) is 32.7 Å². The number of carbonyl (C=O) groups excluding carboxylic acids is 1. The first-order valence-corrected chi connectivity index (χ1v) is 7.62. The van der Waals surface area contributed by atoms with Crippen molar-refractivity contribution in [3.63, 3.8) is 0 Å². The van der Waals surface area contributed by atoms with Gasteiger partial charge in [-0.25, -0.2) is 0 Å². The maximum atomic E-state index is 9.18. The Hall–Kier alpha value is -1.81. The van der Waals surface area contributed by atoms with Crippen molar-refractivity contribution in [1.82, 2.24) is 9.88 Å². The lowest BCUT2D eigenvalue weighted by atomic mass is 10.1. The van der Waals surface area contributed by atoms with E-state index in [4.69, 9.17) is 0 Å². The summed E-state index contributed by atoms with van der Waals surface area (Å²) in [6.45, 7) is 7.50. The summed E-state index contributed by atoms with van der Waals surface area (Å²) < 4.78 is 4.15. The van der Waals surface area contributed by atoms with E-state index in [2.05, 4.69) is 45.8 Å². The van der Waals surface area contributed by atoms with Gasteiger partial charge in [0.05, 0.1) is 6.61 Å². The van der Waals surface area contributed by atoms with Crippen molar-refractivity contribution in [3.05, 3.63) is 36.0 Å². The van der Waals surface area contributed by atoms with Crippen LogP contribution in [-0.2, 0) is 9.53 Å². The van der Waals surface area contributed by atoms with Gasteiger partial charge in [-0.05, 0) is 68.9 Å². The number of rotatable bonds is 4. The van der Waals surface area contributed by atoms with Gasteiger partial charge >= 0.3 is 0 Å². The third-order valence-electron chi connectivity index (χ3n) is 3.98. The number of aromatic nitrogens is 1. The fourth-order valence-corrected chi connectivity index (χ4v) is 2.74. The molecule has 114 valence electrons. The summed E-state index contributed by atoms with van der Waals surface area (Å²) in [7, 11) is 0. The molecule has 1 aromatic carbocycles. The second kappa shape index (κ2) is 7.84. The molecule has 1 saturated heterocycles. The molecule has 2 heterocycles. The quantitative estimate of drug-likeness (QED) is 0.876. The Balaban J connectivity index is 0.000000282. The Kier molecular flexibility index (Phi) is 5.81. The molecule has 0 radical (unpaired) electrons. The van der Waals surface area contributed by atoms with Gasteiger partial charge in [-0.2, -0.15) is 0 Å². The van der Waals surface area contributed by atoms with Gasteiger partial charge in [-0.1, -0.05) is 6.07 Å². The number of hydrogen-bond acceptors (Lipinski definition) is 3. The minimum Gasteiger partial charge on any atom is -0.468 e. The van der Waals surface area contributed by atoms with Gasteiger partial charge in [0.1, 0.15) is 0 Å². The van der Waals surface area contributed by atoms with E-state index in [1.54, 1.807) is 6.92 Å². The number of likely N-dealkylation sites (tertiary alicyclic amines) is 1. The fourth-order valence-electron chi connectivity index (χ4n) is 2.74. The Labute approximate surface area is 126 Å². The lowest BCUT2D eigenvalue weighted by Crippen LogP contribution is -2.23. The molecule has 1 fully saturated rings. The van der Waals surface area contributed by atoms with Crippen molar-refractivity contribution in [2.24, 2.45) is 0 Å². The van der Waals surface area contributed by atoms with Crippen LogP contribution >= 0.6 is 0 Å². The molecule has 0 aliphatic carbocycles. The van der Waals surface area contributed by atoms with Crippen LogP contribution in [0.15, 0.2) is 30.5 Å². The van der Waals surface area contributed by atoms with Crippen molar-refractivity contribution in [1.29, 1.82) is 0 Å². The molecule has 1 aliphatic rings. The molecule has 2 aromatic rings. The highest BCUT2D eigenvalue weighted by atomic mass is 16.5. The molecule has 0 saturated carbocycles. The van der Waals surface area contributed by atoms with E-state index < -0.39 is 0 Å². The zero-order valence-corrected chi connectivity index (χ0v) is 12.8. The zero-order valence-electron chi connectivity index (χ0n) is 12.8. The fraction of sp³-hybridized carbons (Fsp3) is 0.471. The predicted octanol–water partition coefficient (Wildman–Crippen LogP) is 3.50. The van der Waals surface area contributed by atoms with E-state index in [9.17, 15) is 4.79 Å². The SMILES string of the molecule is CC(c1ccc2[nH]ccc2c1)N1CCCC1.CCOC=O. The zero-order chi connectivity index (χ0) is 15.1. The van der Waals surface area contributed by atoms with Gasteiger partial charge in [0.15, 0.2) is 0 Å². The second-order valence-electron chi connectivity index (χ2n) is 5.29. The van der Waals surface area contributed by atoms with Crippen LogP contribution < -0.4 is 0 Å². The van der Waals surface area contributed by atoms with Gasteiger partial charge in [0.25, 0.3) is 6.47 Å². The predicted molar refractivity (Wildman–Crippen MR) is 85.2 cm³/mol. The average Bonchev–Trinajstić information content (AvgIpc) is 3.18. The number of aromatic amines is 1. The van der Waals surface area contributed by atoms with Gasteiger partial charge in [0.2, 0.25) is 0 Å². The van der Waals surface area contributed by atoms with Crippen LogP contribution in [0.1, 0.15) is 38.3 Å². The molecule has 0 spiro atoms. The number of carbonyl (C=O) groups is 1. The highest BCUT2D eigenvalue weighted by molar-refractivity contribution is 5.80. The number of ether oxygens (including phenoxy) is 1. The standard InChI is InChI=1S/C14H18N2.C3H6O2/c1-11(16-8-2-3-9-16)12-4-5-14-13(10-12)6-7-15-14;1-2-5-3-4/h4-7,10-11,15H,2-3,8-9H2,1H3;3H,2H2,1H3. The lowest BCUT2D eigenvalue weighted by Gasteiger charge is -2.24. The van der Waals surface area contributed by atoms with E-state index in [0.717, 1.165) is 0 Å². The van der Waals surface area contributed by atoms with Gasteiger partial charge in [0, 0.05) is 17.8 Å². The van der Waals surface area contributed by atoms with Crippen LogP contribution in [0.2, 0.25) is 0 Å². The van der Waals surface area contributed by atoms with E-state index in [1.807, 2.05) is 6.20 Å². The number of hydrogen-bond donors (Lipinski definition) is 1. The van der Waals surface area contributed by atoms with Crippen LogP contribution in [0.5, 0.6) is 0 Å². The molecular formula is C17H24N2O2. The molecule has 1 atom stereocenters. The third kappa shape index (κ3) is 4.08. The molecule has 0 amide bonds. The molecule has 1 aliphatic heterocycles. The van der Waals surface area contributed by atoms with E-state index in [0.29, 0.717) is 19.1 Å². The Morgan fingerprint density at radius 2 is 2.10 bits per heavy atom. The minimum atomic E-state index is 0.431. The monoisotopic (exact) mass is 288 g/mol. The third-order valence-corrected chi connectivity index (χ3v) is 3.98. The van der Waals surface area contributed by atoms with E-state index in [1.165, 1.54) is 42.4 Å². The summed E-state index contributed by atoms with van der Waals surface area (Å²) in [6, 6.07) is 9.46. The average molecular weight is 288 g/mol. The molecule has 3 rings (SSSR count). The van der Waals surface area contributed by atoms with E-state index in [-0.39, 0.29) is 0 Å². The molecule has 0 bridgehead atoms. The number of nitrogens with one attached hydrogen (secondary N) is 1. The van der Waals surface area contributed by atoms with Gasteiger partial charge in [-0.3, -0.25) is 9.69 Å². The van der Waals surface area contributed by atoms with Crippen molar-refractivity contribution >= 4 is 17.4 Å². The highest BCUT2D eigenvalue weighted by Gasteiger charge is 2.19. The summed E-state index contributed by atoms with van der Waals surface area (Å²) in [6.07, 6.45) is 4.72. The Bertz CT molecular complexity index is 559. The first-order valence-electron chi connectivity index (χ1n) is 7.62. The molecule has 4 heteroatoms. The Morgan fingerprint density at radius 1 is 1.33 bits per heavy atom. The first kappa shape index (κ1) is 15.6. The smallest absolute Gasteiger partial charge is 0.293 e. The van der Waals surface area contributed by atoms with E-state index >= 15 is 0 Å². The molecule has 4 nitrogen and oxygen atoms in total. The second-order valence-corrected chi connectivity index (χ2v) is 5.29. The summed E-state index contributed by atoms with van der Waals surface area (Å²) in [5.74, 6) is 0. The van der Waals surface area contributed by atoms with Crippen molar-refractivity contribution in [2.75, 3.05) is 19.7 Å². The van der Waals surface area contributed by atoms with Gasteiger partial charge in [-0.15, -0.1) is 0 Å². The maximum Gasteiger partial charge on any atom is 0.293 e. The maximum absolute atomic E-state index is 9.18. The summed E-state index contributed by atoms with van der Waals surface area (Å²) in [4.78, 5) is 15.0. The Morgan fingerprint density at radius 3 is 2.71 bits per heavy atom. The van der Waals surface area contributed by atoms with Crippen LogP contribution in [0.25, 0.3) is 10.9 Å². The highest BCUT2D eigenvalue weighted by Crippen LogP contribution is 2.26. The minimum absolute atomic E-state index is 0.431. The van der Waals surface area contributed by atoms with Crippen molar-refractivity contribution in [3.8, 4) is 0 Å². The topological polar surface area (TPSA) is 45.3 Å². The van der Waals surface area contributed by atoms with Crippen LogP contribution in [0.3, 0.4) is 0 Å². The lowest BCUT2D eigenvalue weighted by molar-refractivity contribution is -0.128. The number of benzene rings is 1. The van der Waals surface area contributed by atoms with Crippen LogP contribution in [0.4, 0.5) is 0 Å². The number of nitrogens with zero attached hydrogens (tertiary/aromatic N) is 1. The molecule has 1 aromatic heterocycles. The summed E-state index contributed by atoms with van der Waals surface area (Å²) in [5.41, 5.74) is 2.67. The molecule has 21 heavy (non-hydrogen) atoms. The molecular weight excluding hydrogens is 264 g/mol. The molecule has 1 N–H and O–H groups in total. The van der Waals surface area contributed by atoms with Crippen molar-refractivity contribution < 1.29 is 9.53 Å². The normalized spacial score (nSPS) is 16.3. The number of fused-ring (bicyclic) bond motifs is 1. The van der Waals surface area contributed by atoms with Gasteiger partial charge < -0.3 is 9.72 Å². The van der Waals surface area contributed by atoms with Crippen LogP contribution in [0, 0.1) is 0 Å². The summed E-state index contributed by atoms with van der Waals surface area (Å²) >= 11 is 0.